The zero-order valence-electron chi connectivity index (χ0n) is 11.3. The van der Waals surface area contributed by atoms with Crippen molar-refractivity contribution in [3.05, 3.63) is 47.8 Å². The number of nitrogens with zero attached hydrogens (tertiary/aromatic N) is 1. The molecule has 0 fully saturated rings. The van der Waals surface area contributed by atoms with Crippen LogP contribution in [0.5, 0.6) is 11.5 Å². The largest absolute Gasteiger partial charge is 0.497 e. The standard InChI is InChI=1S/C16H14FNO2/c1-19-12-4-6-16(20-2)14(10-12)13-5-3-11(7-8-18)9-15(13)17/h3-6,9-10H,7H2,1-2H3. The van der Waals surface area contributed by atoms with Gasteiger partial charge < -0.3 is 9.47 Å². The van der Waals surface area contributed by atoms with E-state index in [4.69, 9.17) is 14.7 Å². The lowest BCUT2D eigenvalue weighted by atomic mass is 10.0. The maximum Gasteiger partial charge on any atom is 0.131 e. The molecule has 0 amide bonds. The molecule has 0 saturated heterocycles. The number of methoxy groups -OCH3 is 2. The highest BCUT2D eigenvalue weighted by atomic mass is 19.1. The number of hydrogen-bond acceptors (Lipinski definition) is 3. The molecule has 4 heteroatoms. The number of nitriles is 1. The molecule has 0 N–H and O–H groups in total. The van der Waals surface area contributed by atoms with E-state index in [9.17, 15) is 4.39 Å². The maximum absolute atomic E-state index is 14.2. The molecule has 2 aromatic carbocycles. The quantitative estimate of drug-likeness (QED) is 0.853. The van der Waals surface area contributed by atoms with Crippen LogP contribution in [0, 0.1) is 17.1 Å². The lowest BCUT2D eigenvalue weighted by Crippen LogP contribution is -1.93. The second kappa shape index (κ2) is 6.07. The Hall–Kier alpha value is -2.54. The predicted octanol–water partition coefficient (Wildman–Crippen LogP) is 3.58. The fourth-order valence-corrected chi connectivity index (χ4v) is 2.00. The van der Waals surface area contributed by atoms with E-state index in [0.29, 0.717) is 28.2 Å². The summed E-state index contributed by atoms with van der Waals surface area (Å²) in [6.45, 7) is 0. The predicted molar refractivity (Wildman–Crippen MR) is 74.3 cm³/mol. The van der Waals surface area contributed by atoms with Gasteiger partial charge in [0.1, 0.15) is 17.3 Å². The van der Waals surface area contributed by atoms with Gasteiger partial charge in [0, 0.05) is 11.1 Å². The molecule has 0 unspecified atom stereocenters. The van der Waals surface area contributed by atoms with Crippen molar-refractivity contribution < 1.29 is 13.9 Å². The van der Waals surface area contributed by atoms with E-state index < -0.39 is 0 Å². The molecule has 0 atom stereocenters. The highest BCUT2D eigenvalue weighted by Crippen LogP contribution is 2.35. The van der Waals surface area contributed by atoms with Crippen LogP contribution in [-0.4, -0.2) is 14.2 Å². The first-order valence-corrected chi connectivity index (χ1v) is 6.07. The Morgan fingerprint density at radius 3 is 2.45 bits per heavy atom. The van der Waals surface area contributed by atoms with E-state index in [0.717, 1.165) is 0 Å². The van der Waals surface area contributed by atoms with Crippen LogP contribution in [0.2, 0.25) is 0 Å². The first kappa shape index (κ1) is 13.9. The summed E-state index contributed by atoms with van der Waals surface area (Å²) in [6, 6.07) is 12.0. The van der Waals surface area contributed by atoms with Crippen molar-refractivity contribution in [2.24, 2.45) is 0 Å². The summed E-state index contributed by atoms with van der Waals surface area (Å²) >= 11 is 0. The van der Waals surface area contributed by atoms with Gasteiger partial charge >= 0.3 is 0 Å². The van der Waals surface area contributed by atoms with Gasteiger partial charge in [0.2, 0.25) is 0 Å². The monoisotopic (exact) mass is 271 g/mol. The molecule has 102 valence electrons. The van der Waals surface area contributed by atoms with Crippen molar-refractivity contribution in [1.82, 2.24) is 0 Å². The minimum absolute atomic E-state index is 0.187. The molecule has 20 heavy (non-hydrogen) atoms. The molecule has 0 saturated carbocycles. The van der Waals surface area contributed by atoms with E-state index in [1.807, 2.05) is 6.07 Å². The van der Waals surface area contributed by atoms with Crippen LogP contribution in [0.3, 0.4) is 0 Å². The Bertz CT molecular complexity index is 662. The van der Waals surface area contributed by atoms with Gasteiger partial charge in [-0.2, -0.15) is 5.26 Å². The van der Waals surface area contributed by atoms with Crippen molar-refractivity contribution in [3.8, 4) is 28.7 Å². The molecule has 2 aromatic rings. The molecular formula is C16H14FNO2. The zero-order chi connectivity index (χ0) is 14.5. The van der Waals surface area contributed by atoms with Crippen LogP contribution < -0.4 is 9.47 Å². The van der Waals surface area contributed by atoms with Gasteiger partial charge in [0.15, 0.2) is 0 Å². The molecule has 0 bridgehead atoms. The van der Waals surface area contributed by atoms with Gasteiger partial charge in [0.25, 0.3) is 0 Å². The number of benzene rings is 2. The maximum atomic E-state index is 14.2. The molecule has 0 heterocycles. The molecule has 0 radical (unpaired) electrons. The first-order valence-electron chi connectivity index (χ1n) is 6.07. The third-order valence-corrected chi connectivity index (χ3v) is 3.01. The van der Waals surface area contributed by atoms with E-state index in [-0.39, 0.29) is 12.2 Å². The van der Waals surface area contributed by atoms with Crippen LogP contribution in [0.25, 0.3) is 11.1 Å². The Morgan fingerprint density at radius 1 is 1.05 bits per heavy atom. The van der Waals surface area contributed by atoms with Crippen LogP contribution in [-0.2, 0) is 6.42 Å². The summed E-state index contributed by atoms with van der Waals surface area (Å²) in [4.78, 5) is 0. The van der Waals surface area contributed by atoms with Crippen molar-refractivity contribution >= 4 is 0 Å². The lowest BCUT2D eigenvalue weighted by Gasteiger charge is -2.12. The van der Waals surface area contributed by atoms with Crippen LogP contribution in [0.4, 0.5) is 4.39 Å². The number of halogens is 1. The van der Waals surface area contributed by atoms with Crippen molar-refractivity contribution in [1.29, 1.82) is 5.26 Å². The lowest BCUT2D eigenvalue weighted by molar-refractivity contribution is 0.404. The molecular weight excluding hydrogens is 257 g/mol. The number of rotatable bonds is 4. The molecule has 0 aliphatic heterocycles. The SMILES string of the molecule is COc1ccc(OC)c(-c2ccc(CC#N)cc2F)c1. The van der Waals surface area contributed by atoms with Crippen LogP contribution >= 0.6 is 0 Å². The Labute approximate surface area is 117 Å². The van der Waals surface area contributed by atoms with E-state index in [1.165, 1.54) is 13.2 Å². The van der Waals surface area contributed by atoms with Gasteiger partial charge in [-0.25, -0.2) is 4.39 Å². The topological polar surface area (TPSA) is 42.2 Å². The molecule has 3 nitrogen and oxygen atoms in total. The van der Waals surface area contributed by atoms with Crippen molar-refractivity contribution in [2.45, 2.75) is 6.42 Å². The number of hydrogen-bond donors (Lipinski definition) is 0. The summed E-state index contributed by atoms with van der Waals surface area (Å²) in [7, 11) is 3.09. The highest BCUT2D eigenvalue weighted by Gasteiger charge is 2.12. The van der Waals surface area contributed by atoms with Gasteiger partial charge in [-0.1, -0.05) is 12.1 Å². The molecule has 2 rings (SSSR count). The summed E-state index contributed by atoms with van der Waals surface area (Å²) in [5, 5.41) is 8.64. The van der Waals surface area contributed by atoms with E-state index >= 15 is 0 Å². The molecule has 0 aromatic heterocycles. The average molecular weight is 271 g/mol. The van der Waals surface area contributed by atoms with Gasteiger partial charge in [-0.05, 0) is 29.8 Å². The fourth-order valence-electron chi connectivity index (χ4n) is 2.00. The van der Waals surface area contributed by atoms with Gasteiger partial charge in [0.05, 0.1) is 26.7 Å². The smallest absolute Gasteiger partial charge is 0.131 e. The normalized spacial score (nSPS) is 9.90. The summed E-state index contributed by atoms with van der Waals surface area (Å²) in [5.41, 5.74) is 1.69. The van der Waals surface area contributed by atoms with Crippen LogP contribution in [0.15, 0.2) is 36.4 Å². The summed E-state index contributed by atoms with van der Waals surface area (Å²) in [6.07, 6.45) is 0.187. The van der Waals surface area contributed by atoms with Crippen LogP contribution in [0.1, 0.15) is 5.56 Å². The molecule has 0 aliphatic rings. The first-order chi connectivity index (χ1) is 9.69. The minimum Gasteiger partial charge on any atom is -0.497 e. The third-order valence-electron chi connectivity index (χ3n) is 3.01. The van der Waals surface area contributed by atoms with E-state index in [1.54, 1.807) is 37.4 Å². The Kier molecular flexibility index (Phi) is 4.21. The van der Waals surface area contributed by atoms with E-state index in [2.05, 4.69) is 0 Å². The highest BCUT2D eigenvalue weighted by molar-refractivity contribution is 5.72. The molecule has 0 aliphatic carbocycles. The van der Waals surface area contributed by atoms with Crippen molar-refractivity contribution in [3.63, 3.8) is 0 Å². The second-order valence-corrected chi connectivity index (χ2v) is 4.22. The zero-order valence-corrected chi connectivity index (χ0v) is 11.3. The van der Waals surface area contributed by atoms with Crippen molar-refractivity contribution in [2.75, 3.05) is 14.2 Å². The third kappa shape index (κ3) is 2.72. The fraction of sp³-hybridized carbons (Fsp3) is 0.188. The Morgan fingerprint density at radius 2 is 1.85 bits per heavy atom. The average Bonchev–Trinajstić information content (AvgIpc) is 2.47. The summed E-state index contributed by atoms with van der Waals surface area (Å²) in [5.74, 6) is 0.809. The second-order valence-electron chi connectivity index (χ2n) is 4.22. The van der Waals surface area contributed by atoms with Gasteiger partial charge in [-0.3, -0.25) is 0 Å². The number of ether oxygens (including phenoxy) is 2. The minimum atomic E-state index is -0.385. The Balaban J connectivity index is 2.53. The van der Waals surface area contributed by atoms with Gasteiger partial charge in [-0.15, -0.1) is 0 Å². The molecule has 0 spiro atoms. The summed E-state index contributed by atoms with van der Waals surface area (Å²) < 4.78 is 24.6.